The molecule has 108 valence electrons. The van der Waals surface area contributed by atoms with Gasteiger partial charge >= 0.3 is 0 Å². The molecule has 0 aliphatic carbocycles. The summed E-state index contributed by atoms with van der Waals surface area (Å²) < 4.78 is 31.9. The van der Waals surface area contributed by atoms with Gasteiger partial charge in [-0.25, -0.2) is 18.1 Å². The van der Waals surface area contributed by atoms with Crippen molar-refractivity contribution in [2.75, 3.05) is 13.2 Å². The third kappa shape index (κ3) is 3.82. The van der Waals surface area contributed by atoms with Crippen LogP contribution in [0.4, 0.5) is 0 Å². The number of imidazole rings is 1. The number of nitrogens with zero attached hydrogens (tertiary/aromatic N) is 1. The number of aromatic amines is 1. The van der Waals surface area contributed by atoms with Gasteiger partial charge in [-0.3, -0.25) is 0 Å². The van der Waals surface area contributed by atoms with E-state index in [2.05, 4.69) is 14.7 Å². The summed E-state index contributed by atoms with van der Waals surface area (Å²) in [5.41, 5.74) is 0.888. The predicted octanol–water partition coefficient (Wildman–Crippen LogP) is 1.33. The Kier molecular flexibility index (Phi) is 4.75. The Labute approximate surface area is 118 Å². The van der Waals surface area contributed by atoms with E-state index in [1.54, 1.807) is 24.7 Å². The summed E-state index contributed by atoms with van der Waals surface area (Å²) >= 11 is 0. The molecule has 0 radical (unpaired) electrons. The summed E-state index contributed by atoms with van der Waals surface area (Å²) in [5, 5.41) is 0. The molecule has 2 rings (SSSR count). The predicted molar refractivity (Wildman–Crippen MR) is 75.1 cm³/mol. The maximum absolute atomic E-state index is 12.1. The largest absolute Gasteiger partial charge is 0.494 e. The molecular weight excluding hydrogens is 278 g/mol. The van der Waals surface area contributed by atoms with Gasteiger partial charge in [0.1, 0.15) is 5.75 Å². The maximum atomic E-state index is 12.1. The van der Waals surface area contributed by atoms with Crippen molar-refractivity contribution in [3.8, 4) is 5.75 Å². The van der Waals surface area contributed by atoms with Crippen molar-refractivity contribution in [1.82, 2.24) is 14.7 Å². The molecule has 2 N–H and O–H groups in total. The minimum Gasteiger partial charge on any atom is -0.494 e. The molecular formula is C13H17N3O3S. The van der Waals surface area contributed by atoms with Crippen LogP contribution in [0.1, 0.15) is 12.6 Å². The van der Waals surface area contributed by atoms with Crippen molar-refractivity contribution in [2.24, 2.45) is 0 Å². The van der Waals surface area contributed by atoms with Crippen LogP contribution in [0, 0.1) is 0 Å². The molecule has 0 amide bonds. The van der Waals surface area contributed by atoms with Crippen LogP contribution in [-0.2, 0) is 16.4 Å². The number of hydrogen-bond donors (Lipinski definition) is 2. The second-order valence-corrected chi connectivity index (χ2v) is 5.90. The first-order valence-corrected chi connectivity index (χ1v) is 7.80. The fourth-order valence-electron chi connectivity index (χ4n) is 1.71. The van der Waals surface area contributed by atoms with Crippen LogP contribution in [0.25, 0.3) is 0 Å². The van der Waals surface area contributed by atoms with Gasteiger partial charge in [-0.2, -0.15) is 0 Å². The first-order valence-electron chi connectivity index (χ1n) is 6.31. The normalized spacial score (nSPS) is 11.4. The van der Waals surface area contributed by atoms with E-state index in [1.165, 1.54) is 12.1 Å². The Bertz CT molecular complexity index is 621. The standard InChI is InChI=1S/C13H17N3O3S/c1-2-19-12-3-5-13(6-4-12)20(17,18)16-8-7-11-9-14-10-15-11/h3-6,9-10,16H,2,7-8H2,1H3,(H,14,15). The lowest BCUT2D eigenvalue weighted by Gasteiger charge is -2.07. The van der Waals surface area contributed by atoms with E-state index in [1.807, 2.05) is 6.92 Å². The Morgan fingerprint density at radius 1 is 1.30 bits per heavy atom. The Morgan fingerprint density at radius 3 is 2.65 bits per heavy atom. The minimum absolute atomic E-state index is 0.227. The lowest BCUT2D eigenvalue weighted by molar-refractivity contribution is 0.340. The third-order valence-electron chi connectivity index (χ3n) is 2.69. The average Bonchev–Trinajstić information content (AvgIpc) is 2.93. The number of ether oxygens (including phenoxy) is 1. The monoisotopic (exact) mass is 295 g/mol. The molecule has 20 heavy (non-hydrogen) atoms. The van der Waals surface area contributed by atoms with E-state index in [0.717, 1.165) is 5.69 Å². The Hall–Kier alpha value is -1.86. The molecule has 0 saturated heterocycles. The van der Waals surface area contributed by atoms with Crippen LogP contribution >= 0.6 is 0 Å². The average molecular weight is 295 g/mol. The van der Waals surface area contributed by atoms with E-state index in [0.29, 0.717) is 25.3 Å². The van der Waals surface area contributed by atoms with Crippen LogP contribution in [-0.4, -0.2) is 31.5 Å². The van der Waals surface area contributed by atoms with Crippen LogP contribution in [0.15, 0.2) is 41.7 Å². The second-order valence-electron chi connectivity index (χ2n) is 4.13. The third-order valence-corrected chi connectivity index (χ3v) is 4.16. The van der Waals surface area contributed by atoms with Gasteiger partial charge in [-0.15, -0.1) is 0 Å². The fraction of sp³-hybridized carbons (Fsp3) is 0.308. The van der Waals surface area contributed by atoms with Gasteiger partial charge in [0.15, 0.2) is 0 Å². The molecule has 0 bridgehead atoms. The van der Waals surface area contributed by atoms with Crippen LogP contribution in [0.5, 0.6) is 5.75 Å². The van der Waals surface area contributed by atoms with Crippen LogP contribution < -0.4 is 9.46 Å². The summed E-state index contributed by atoms with van der Waals surface area (Å²) in [6.07, 6.45) is 3.80. The van der Waals surface area contributed by atoms with Crippen LogP contribution in [0.2, 0.25) is 0 Å². The Morgan fingerprint density at radius 2 is 2.05 bits per heavy atom. The van der Waals surface area contributed by atoms with E-state index < -0.39 is 10.0 Å². The van der Waals surface area contributed by atoms with Gasteiger partial charge in [0, 0.05) is 24.9 Å². The van der Waals surface area contributed by atoms with Gasteiger partial charge < -0.3 is 9.72 Å². The molecule has 7 heteroatoms. The fourth-order valence-corrected chi connectivity index (χ4v) is 2.74. The molecule has 0 atom stereocenters. The molecule has 1 aromatic carbocycles. The summed E-state index contributed by atoms with van der Waals surface area (Å²) in [6, 6.07) is 6.35. The minimum atomic E-state index is -3.49. The number of rotatable bonds is 7. The van der Waals surface area contributed by atoms with E-state index in [4.69, 9.17) is 4.74 Å². The molecule has 1 heterocycles. The zero-order valence-electron chi connectivity index (χ0n) is 11.2. The van der Waals surface area contributed by atoms with Gasteiger partial charge in [-0.05, 0) is 31.2 Å². The topological polar surface area (TPSA) is 84.1 Å². The second kappa shape index (κ2) is 6.53. The maximum Gasteiger partial charge on any atom is 0.240 e. The zero-order chi connectivity index (χ0) is 14.4. The molecule has 0 unspecified atom stereocenters. The molecule has 6 nitrogen and oxygen atoms in total. The Balaban J connectivity index is 1.95. The number of nitrogens with one attached hydrogen (secondary N) is 2. The van der Waals surface area contributed by atoms with Crippen molar-refractivity contribution in [1.29, 1.82) is 0 Å². The summed E-state index contributed by atoms with van der Waals surface area (Å²) in [6.45, 7) is 2.74. The summed E-state index contributed by atoms with van der Waals surface area (Å²) in [4.78, 5) is 7.03. The first-order chi connectivity index (χ1) is 9.62. The summed E-state index contributed by atoms with van der Waals surface area (Å²) in [7, 11) is -3.49. The van der Waals surface area contributed by atoms with Gasteiger partial charge in [0.2, 0.25) is 10.0 Å². The lowest BCUT2D eigenvalue weighted by atomic mass is 10.3. The highest BCUT2D eigenvalue weighted by Crippen LogP contribution is 2.15. The number of hydrogen-bond acceptors (Lipinski definition) is 4. The highest BCUT2D eigenvalue weighted by Gasteiger charge is 2.13. The smallest absolute Gasteiger partial charge is 0.240 e. The van der Waals surface area contributed by atoms with Crippen molar-refractivity contribution in [3.05, 3.63) is 42.5 Å². The molecule has 0 aliphatic rings. The molecule has 1 aromatic heterocycles. The molecule has 2 aromatic rings. The number of sulfonamides is 1. The number of benzene rings is 1. The first kappa shape index (κ1) is 14.5. The molecule has 0 aliphatic heterocycles. The van der Waals surface area contributed by atoms with Crippen molar-refractivity contribution in [3.63, 3.8) is 0 Å². The van der Waals surface area contributed by atoms with Crippen LogP contribution in [0.3, 0.4) is 0 Å². The quantitative estimate of drug-likeness (QED) is 0.807. The van der Waals surface area contributed by atoms with Gasteiger partial charge in [0.05, 0.1) is 17.8 Å². The highest BCUT2D eigenvalue weighted by molar-refractivity contribution is 7.89. The van der Waals surface area contributed by atoms with Gasteiger partial charge in [0.25, 0.3) is 0 Å². The number of H-pyrrole nitrogens is 1. The molecule has 0 saturated carbocycles. The van der Waals surface area contributed by atoms with E-state index in [9.17, 15) is 8.42 Å². The zero-order valence-corrected chi connectivity index (χ0v) is 12.0. The van der Waals surface area contributed by atoms with Crippen molar-refractivity contribution < 1.29 is 13.2 Å². The summed E-state index contributed by atoms with van der Waals surface area (Å²) in [5.74, 6) is 0.656. The van der Waals surface area contributed by atoms with Crippen molar-refractivity contribution in [2.45, 2.75) is 18.2 Å². The SMILES string of the molecule is CCOc1ccc(S(=O)(=O)NCCc2cnc[nH]2)cc1. The van der Waals surface area contributed by atoms with Gasteiger partial charge in [-0.1, -0.05) is 0 Å². The van der Waals surface area contributed by atoms with E-state index >= 15 is 0 Å². The van der Waals surface area contributed by atoms with Crippen molar-refractivity contribution >= 4 is 10.0 Å². The number of aromatic nitrogens is 2. The molecule has 0 spiro atoms. The molecule has 0 fully saturated rings. The van der Waals surface area contributed by atoms with E-state index in [-0.39, 0.29) is 4.90 Å². The lowest BCUT2D eigenvalue weighted by Crippen LogP contribution is -2.26. The highest BCUT2D eigenvalue weighted by atomic mass is 32.2.